The minimum absolute atomic E-state index is 0.0441. The fourth-order valence-corrected chi connectivity index (χ4v) is 4.66. The lowest BCUT2D eigenvalue weighted by molar-refractivity contribution is -0.143. The molecule has 2 fully saturated rings. The van der Waals surface area contributed by atoms with Gasteiger partial charge in [-0.2, -0.15) is 0 Å². The molecule has 0 aromatic rings. The second-order valence-corrected chi connectivity index (χ2v) is 11.0. The van der Waals surface area contributed by atoms with Crippen LogP contribution in [-0.4, -0.2) is 108 Å². The van der Waals surface area contributed by atoms with Gasteiger partial charge in [0.2, 0.25) is 11.8 Å². The molecule has 2 heterocycles. The highest BCUT2D eigenvalue weighted by molar-refractivity contribution is 5.92. The first-order chi connectivity index (χ1) is 18.4. The first-order valence-corrected chi connectivity index (χ1v) is 13.8. The summed E-state index contributed by atoms with van der Waals surface area (Å²) < 4.78 is 10.7. The molecule has 0 unspecified atom stereocenters. The number of amides is 5. The number of hydrogen-bond donors (Lipinski definition) is 4. The van der Waals surface area contributed by atoms with E-state index in [2.05, 4.69) is 16.0 Å². The Balaban J connectivity index is 2.32. The van der Waals surface area contributed by atoms with Gasteiger partial charge in [0, 0.05) is 26.7 Å². The molecule has 0 saturated carbocycles. The van der Waals surface area contributed by atoms with Gasteiger partial charge in [-0.05, 0) is 72.6 Å². The summed E-state index contributed by atoms with van der Waals surface area (Å²) in [6.45, 7) is 7.89. The number of ether oxygens (including phenoxy) is 2. The van der Waals surface area contributed by atoms with E-state index >= 15 is 0 Å². The number of alkyl carbamates (subject to hydrolysis) is 1. The summed E-state index contributed by atoms with van der Waals surface area (Å²) in [4.78, 5) is 67.1. The third-order valence-electron chi connectivity index (χ3n) is 6.67. The van der Waals surface area contributed by atoms with E-state index in [1.807, 2.05) is 0 Å². The highest BCUT2D eigenvalue weighted by Crippen LogP contribution is 2.23. The number of nitrogens with zero attached hydrogens (tertiary/aromatic N) is 2. The molecule has 13 nitrogen and oxygen atoms in total. The molecule has 39 heavy (non-hydrogen) atoms. The first kappa shape index (κ1) is 32.1. The molecule has 2 aliphatic heterocycles. The normalized spacial score (nSPS) is 24.8. The van der Waals surface area contributed by atoms with Crippen molar-refractivity contribution in [2.24, 2.45) is 0 Å². The van der Waals surface area contributed by atoms with Crippen molar-refractivity contribution in [1.29, 1.82) is 0 Å². The average molecular weight is 556 g/mol. The van der Waals surface area contributed by atoms with E-state index < -0.39 is 59.7 Å². The molecule has 0 bridgehead atoms. The zero-order chi connectivity index (χ0) is 29.2. The largest absolute Gasteiger partial charge is 0.450 e. The number of cyclic esters (lactones) is 1. The standard InChI is InChI=1S/C26H45N5O8/c1-6-27-22(34)20(32)17-11-7-8-14-28-24(36)38-16-10-13-19(30(5)25(37)39-26(2,3)4)23(35)31-15-9-12-18(31)21(33)29-17/h17-20,32H,6-16H2,1-5H3,(H,27,34)(H,28,36)(H,29,33)/t17-,18-,19-,20-/m0/s1. The monoisotopic (exact) mass is 555 g/mol. The predicted octanol–water partition coefficient (Wildman–Crippen LogP) is 0.885. The minimum atomic E-state index is -1.48. The van der Waals surface area contributed by atoms with Gasteiger partial charge in [0.25, 0.3) is 5.91 Å². The zero-order valence-electron chi connectivity index (χ0n) is 23.8. The number of rotatable bonds is 4. The molecule has 0 aromatic heterocycles. The van der Waals surface area contributed by atoms with Gasteiger partial charge in [-0.3, -0.25) is 19.3 Å². The average Bonchev–Trinajstić information content (AvgIpc) is 3.35. The summed E-state index contributed by atoms with van der Waals surface area (Å²) >= 11 is 0. The summed E-state index contributed by atoms with van der Waals surface area (Å²) in [6.07, 6.45) is 0.0543. The lowest BCUT2D eigenvalue weighted by Gasteiger charge is -2.34. The minimum Gasteiger partial charge on any atom is -0.450 e. The number of nitrogens with one attached hydrogen (secondary N) is 3. The number of aliphatic hydroxyl groups is 1. The third kappa shape index (κ3) is 9.86. The second-order valence-electron chi connectivity index (χ2n) is 11.0. The highest BCUT2D eigenvalue weighted by atomic mass is 16.6. The highest BCUT2D eigenvalue weighted by Gasteiger charge is 2.41. The molecule has 2 saturated heterocycles. The number of likely N-dealkylation sites (N-methyl/N-ethyl adjacent to an activating group) is 2. The van der Waals surface area contributed by atoms with Crippen molar-refractivity contribution < 1.29 is 38.6 Å². The Hall–Kier alpha value is -3.09. The van der Waals surface area contributed by atoms with Crippen molar-refractivity contribution in [2.45, 2.75) is 102 Å². The number of carbonyl (C=O) groups is 5. The fraction of sp³-hybridized carbons (Fsp3) is 0.808. The SMILES string of the molecule is CCNC(=O)[C@@H](O)[C@@H]1CCCCNC(=O)OCCC[C@H](N(C)C(=O)OC(C)(C)C)C(=O)N2CCC[C@H]2C(=O)N1. The summed E-state index contributed by atoms with van der Waals surface area (Å²) in [5.41, 5.74) is -0.775. The lowest BCUT2D eigenvalue weighted by atomic mass is 10.0. The van der Waals surface area contributed by atoms with Crippen LogP contribution in [0, 0.1) is 0 Å². The van der Waals surface area contributed by atoms with Gasteiger partial charge >= 0.3 is 12.2 Å². The fourth-order valence-electron chi connectivity index (χ4n) is 4.66. The summed E-state index contributed by atoms with van der Waals surface area (Å²) in [6, 6.07) is -2.65. The molecule has 222 valence electrons. The Labute approximate surface area is 230 Å². The Morgan fingerprint density at radius 3 is 2.54 bits per heavy atom. The molecular formula is C26H45N5O8. The van der Waals surface area contributed by atoms with Crippen LogP contribution in [0.4, 0.5) is 9.59 Å². The second kappa shape index (κ2) is 14.9. The Bertz CT molecular complexity index is 877. The molecule has 0 spiro atoms. The molecule has 0 radical (unpaired) electrons. The van der Waals surface area contributed by atoms with E-state index in [4.69, 9.17) is 9.47 Å². The first-order valence-electron chi connectivity index (χ1n) is 13.8. The Morgan fingerprint density at radius 2 is 1.87 bits per heavy atom. The van der Waals surface area contributed by atoms with Crippen LogP contribution < -0.4 is 16.0 Å². The molecule has 5 amide bonds. The molecule has 13 heteroatoms. The number of fused-ring (bicyclic) bond motifs is 1. The van der Waals surface area contributed by atoms with Crippen molar-refractivity contribution in [2.75, 3.05) is 33.3 Å². The lowest BCUT2D eigenvalue weighted by Crippen LogP contribution is -2.57. The van der Waals surface area contributed by atoms with Crippen LogP contribution in [0.2, 0.25) is 0 Å². The number of aliphatic hydroxyl groups excluding tert-OH is 1. The Morgan fingerprint density at radius 1 is 1.15 bits per heavy atom. The maximum Gasteiger partial charge on any atom is 0.410 e. The van der Waals surface area contributed by atoms with Crippen molar-refractivity contribution in [3.05, 3.63) is 0 Å². The quantitative estimate of drug-likeness (QED) is 0.397. The molecule has 2 rings (SSSR count). The summed E-state index contributed by atoms with van der Waals surface area (Å²) in [5, 5.41) is 18.7. The van der Waals surface area contributed by atoms with E-state index in [1.54, 1.807) is 27.7 Å². The van der Waals surface area contributed by atoms with Crippen LogP contribution in [0.15, 0.2) is 0 Å². The molecule has 2 aliphatic rings. The van der Waals surface area contributed by atoms with E-state index in [0.717, 1.165) is 0 Å². The van der Waals surface area contributed by atoms with Crippen LogP contribution in [-0.2, 0) is 23.9 Å². The van der Waals surface area contributed by atoms with Gasteiger partial charge in [0.1, 0.15) is 17.7 Å². The van der Waals surface area contributed by atoms with Gasteiger partial charge in [-0.1, -0.05) is 0 Å². The smallest absolute Gasteiger partial charge is 0.410 e. The van der Waals surface area contributed by atoms with E-state index in [1.165, 1.54) is 16.8 Å². The van der Waals surface area contributed by atoms with Crippen LogP contribution in [0.25, 0.3) is 0 Å². The van der Waals surface area contributed by atoms with E-state index in [0.29, 0.717) is 51.7 Å². The molecular weight excluding hydrogens is 510 g/mol. The van der Waals surface area contributed by atoms with E-state index in [9.17, 15) is 29.1 Å². The zero-order valence-corrected chi connectivity index (χ0v) is 23.8. The molecule has 4 N–H and O–H groups in total. The topological polar surface area (TPSA) is 167 Å². The predicted molar refractivity (Wildman–Crippen MR) is 142 cm³/mol. The van der Waals surface area contributed by atoms with Crippen molar-refractivity contribution in [3.63, 3.8) is 0 Å². The van der Waals surface area contributed by atoms with E-state index in [-0.39, 0.29) is 19.4 Å². The van der Waals surface area contributed by atoms with Gasteiger partial charge in [-0.15, -0.1) is 0 Å². The van der Waals surface area contributed by atoms with Crippen LogP contribution in [0.3, 0.4) is 0 Å². The van der Waals surface area contributed by atoms with Gasteiger partial charge in [0.15, 0.2) is 6.10 Å². The van der Waals surface area contributed by atoms with Crippen LogP contribution >= 0.6 is 0 Å². The van der Waals surface area contributed by atoms with Crippen molar-refractivity contribution in [1.82, 2.24) is 25.8 Å². The third-order valence-corrected chi connectivity index (χ3v) is 6.67. The van der Waals surface area contributed by atoms with Crippen LogP contribution in [0.5, 0.6) is 0 Å². The number of hydrogen-bond acceptors (Lipinski definition) is 8. The van der Waals surface area contributed by atoms with Crippen molar-refractivity contribution in [3.8, 4) is 0 Å². The molecule has 0 aromatic carbocycles. The Kier molecular flexibility index (Phi) is 12.3. The summed E-state index contributed by atoms with van der Waals surface area (Å²) in [7, 11) is 1.47. The van der Waals surface area contributed by atoms with Crippen LogP contribution in [0.1, 0.15) is 72.6 Å². The van der Waals surface area contributed by atoms with Gasteiger partial charge in [-0.25, -0.2) is 9.59 Å². The van der Waals surface area contributed by atoms with Gasteiger partial charge in [0.05, 0.1) is 12.6 Å². The van der Waals surface area contributed by atoms with Gasteiger partial charge < -0.3 is 35.4 Å². The maximum atomic E-state index is 13.8. The molecule has 0 aliphatic carbocycles. The number of carbonyl (C=O) groups excluding carboxylic acids is 5. The van der Waals surface area contributed by atoms with Crippen molar-refractivity contribution >= 4 is 29.9 Å². The summed E-state index contributed by atoms with van der Waals surface area (Å²) in [5.74, 6) is -1.49. The molecule has 4 atom stereocenters. The maximum absolute atomic E-state index is 13.8.